The van der Waals surface area contributed by atoms with E-state index in [9.17, 15) is 9.90 Å². The van der Waals surface area contributed by atoms with Crippen molar-refractivity contribution < 1.29 is 14.6 Å². The fourth-order valence-electron chi connectivity index (χ4n) is 2.20. The Kier molecular flexibility index (Phi) is 5.77. The number of ether oxygens (including phenoxy) is 1. The van der Waals surface area contributed by atoms with Gasteiger partial charge in [-0.05, 0) is 18.4 Å². The molecule has 0 fully saturated rings. The van der Waals surface area contributed by atoms with Crippen LogP contribution in [-0.2, 0) is 9.53 Å². The Morgan fingerprint density at radius 2 is 2.15 bits per heavy atom. The lowest BCUT2D eigenvalue weighted by molar-refractivity contribution is -0.123. The number of carbonyl (C=O) groups excluding carboxylic acids is 1. The van der Waals surface area contributed by atoms with Gasteiger partial charge in [0.15, 0.2) is 0 Å². The molecule has 1 amide bonds. The van der Waals surface area contributed by atoms with Gasteiger partial charge in [0.1, 0.15) is 0 Å². The number of amides is 1. The van der Waals surface area contributed by atoms with Crippen molar-refractivity contribution >= 4 is 5.91 Å². The van der Waals surface area contributed by atoms with Gasteiger partial charge < -0.3 is 15.2 Å². The molecule has 1 aromatic carbocycles. The first kappa shape index (κ1) is 14.8. The maximum atomic E-state index is 11.8. The Labute approximate surface area is 119 Å². The zero-order valence-electron chi connectivity index (χ0n) is 11.5. The molecule has 0 aromatic heterocycles. The first-order valence-corrected chi connectivity index (χ1v) is 7.01. The van der Waals surface area contributed by atoms with E-state index >= 15 is 0 Å². The summed E-state index contributed by atoms with van der Waals surface area (Å²) >= 11 is 0. The molecule has 0 aliphatic carbocycles. The van der Waals surface area contributed by atoms with Crippen molar-refractivity contribution in [1.82, 2.24) is 5.32 Å². The van der Waals surface area contributed by atoms with Crippen LogP contribution in [0, 0.1) is 0 Å². The second kappa shape index (κ2) is 7.82. The average molecular weight is 275 g/mol. The molecule has 1 aromatic rings. The zero-order chi connectivity index (χ0) is 14.2. The minimum absolute atomic E-state index is 0.103. The SMILES string of the molecule is O=C(CC(O)c1ccccc1)NCCC1=CCOCC1. The highest BCUT2D eigenvalue weighted by atomic mass is 16.5. The summed E-state index contributed by atoms with van der Waals surface area (Å²) in [6.45, 7) is 2.06. The summed E-state index contributed by atoms with van der Waals surface area (Å²) in [5.74, 6) is -0.117. The molecule has 2 N–H and O–H groups in total. The highest BCUT2D eigenvalue weighted by Crippen LogP contribution is 2.15. The summed E-state index contributed by atoms with van der Waals surface area (Å²) in [5.41, 5.74) is 2.11. The molecule has 1 unspecified atom stereocenters. The summed E-state index contributed by atoms with van der Waals surface area (Å²) in [6, 6.07) is 9.25. The van der Waals surface area contributed by atoms with Gasteiger partial charge in [-0.2, -0.15) is 0 Å². The van der Waals surface area contributed by atoms with Gasteiger partial charge in [-0.15, -0.1) is 0 Å². The van der Waals surface area contributed by atoms with Crippen LogP contribution in [-0.4, -0.2) is 30.8 Å². The maximum Gasteiger partial charge on any atom is 0.222 e. The van der Waals surface area contributed by atoms with Crippen molar-refractivity contribution in [3.8, 4) is 0 Å². The van der Waals surface area contributed by atoms with Gasteiger partial charge in [0.25, 0.3) is 0 Å². The number of hydrogen-bond donors (Lipinski definition) is 2. The second-order valence-corrected chi connectivity index (χ2v) is 4.92. The quantitative estimate of drug-likeness (QED) is 0.780. The minimum atomic E-state index is -0.738. The van der Waals surface area contributed by atoms with Crippen LogP contribution < -0.4 is 5.32 Å². The van der Waals surface area contributed by atoms with E-state index in [2.05, 4.69) is 11.4 Å². The average Bonchev–Trinajstić information content (AvgIpc) is 2.49. The van der Waals surface area contributed by atoms with Gasteiger partial charge >= 0.3 is 0 Å². The van der Waals surface area contributed by atoms with E-state index in [4.69, 9.17) is 4.74 Å². The molecule has 108 valence electrons. The Morgan fingerprint density at radius 3 is 2.85 bits per heavy atom. The topological polar surface area (TPSA) is 58.6 Å². The predicted octanol–water partition coefficient (Wildman–Crippen LogP) is 1.96. The summed E-state index contributed by atoms with van der Waals surface area (Å²) in [5, 5.41) is 12.8. The summed E-state index contributed by atoms with van der Waals surface area (Å²) < 4.78 is 5.23. The fraction of sp³-hybridized carbons (Fsp3) is 0.438. The van der Waals surface area contributed by atoms with Crippen LogP contribution in [0.3, 0.4) is 0 Å². The molecule has 0 radical (unpaired) electrons. The van der Waals surface area contributed by atoms with Gasteiger partial charge in [0, 0.05) is 6.54 Å². The van der Waals surface area contributed by atoms with Gasteiger partial charge in [-0.1, -0.05) is 42.0 Å². The number of rotatable bonds is 6. The molecule has 20 heavy (non-hydrogen) atoms. The third kappa shape index (κ3) is 4.79. The van der Waals surface area contributed by atoms with Crippen molar-refractivity contribution in [2.45, 2.75) is 25.4 Å². The van der Waals surface area contributed by atoms with Crippen LogP contribution in [0.1, 0.15) is 30.9 Å². The fourth-order valence-corrected chi connectivity index (χ4v) is 2.20. The molecule has 0 bridgehead atoms. The zero-order valence-corrected chi connectivity index (χ0v) is 11.5. The predicted molar refractivity (Wildman–Crippen MR) is 77.2 cm³/mol. The molecule has 1 atom stereocenters. The second-order valence-electron chi connectivity index (χ2n) is 4.92. The molecular weight excluding hydrogens is 254 g/mol. The van der Waals surface area contributed by atoms with E-state index in [1.54, 1.807) is 0 Å². The largest absolute Gasteiger partial charge is 0.388 e. The molecule has 2 rings (SSSR count). The van der Waals surface area contributed by atoms with Crippen molar-refractivity contribution in [1.29, 1.82) is 0 Å². The van der Waals surface area contributed by atoms with E-state index in [1.807, 2.05) is 30.3 Å². The number of benzene rings is 1. The smallest absolute Gasteiger partial charge is 0.222 e. The number of aliphatic hydroxyl groups excluding tert-OH is 1. The van der Waals surface area contributed by atoms with Crippen LogP contribution in [0.25, 0.3) is 0 Å². The van der Waals surface area contributed by atoms with Crippen molar-refractivity contribution in [3.05, 3.63) is 47.5 Å². The number of aliphatic hydroxyl groups is 1. The van der Waals surface area contributed by atoms with E-state index in [1.165, 1.54) is 5.57 Å². The van der Waals surface area contributed by atoms with Crippen molar-refractivity contribution in [3.63, 3.8) is 0 Å². The molecule has 0 saturated heterocycles. The molecule has 0 spiro atoms. The molecule has 0 saturated carbocycles. The highest BCUT2D eigenvalue weighted by molar-refractivity contribution is 5.76. The van der Waals surface area contributed by atoms with Crippen LogP contribution in [0.15, 0.2) is 42.0 Å². The Morgan fingerprint density at radius 1 is 1.35 bits per heavy atom. The van der Waals surface area contributed by atoms with Gasteiger partial charge in [0.2, 0.25) is 5.91 Å². The summed E-state index contributed by atoms with van der Waals surface area (Å²) in [6.07, 6.45) is 3.25. The van der Waals surface area contributed by atoms with E-state index in [-0.39, 0.29) is 12.3 Å². The van der Waals surface area contributed by atoms with Crippen molar-refractivity contribution in [2.24, 2.45) is 0 Å². The molecule has 4 heteroatoms. The van der Waals surface area contributed by atoms with E-state index in [0.29, 0.717) is 13.2 Å². The van der Waals surface area contributed by atoms with Gasteiger partial charge in [-0.25, -0.2) is 0 Å². The minimum Gasteiger partial charge on any atom is -0.388 e. The number of hydrogen-bond acceptors (Lipinski definition) is 3. The third-order valence-electron chi connectivity index (χ3n) is 3.39. The number of carbonyl (C=O) groups is 1. The maximum absolute atomic E-state index is 11.8. The highest BCUT2D eigenvalue weighted by Gasteiger charge is 2.12. The third-order valence-corrected chi connectivity index (χ3v) is 3.39. The summed E-state index contributed by atoms with van der Waals surface area (Å²) in [7, 11) is 0. The van der Waals surface area contributed by atoms with Gasteiger partial charge in [0.05, 0.1) is 25.7 Å². The summed E-state index contributed by atoms with van der Waals surface area (Å²) in [4.78, 5) is 11.8. The Balaban J connectivity index is 1.69. The lowest BCUT2D eigenvalue weighted by Gasteiger charge is -2.14. The van der Waals surface area contributed by atoms with E-state index < -0.39 is 6.10 Å². The molecular formula is C16H21NO3. The number of nitrogens with one attached hydrogen (secondary N) is 1. The lowest BCUT2D eigenvalue weighted by atomic mass is 10.1. The van der Waals surface area contributed by atoms with Crippen molar-refractivity contribution in [2.75, 3.05) is 19.8 Å². The van der Waals surface area contributed by atoms with Gasteiger partial charge in [-0.3, -0.25) is 4.79 Å². The normalized spacial score (nSPS) is 16.4. The van der Waals surface area contributed by atoms with Crippen LogP contribution in [0.5, 0.6) is 0 Å². The van der Waals surface area contributed by atoms with Crippen LogP contribution in [0.2, 0.25) is 0 Å². The Hall–Kier alpha value is -1.65. The monoisotopic (exact) mass is 275 g/mol. The molecule has 1 aliphatic rings. The first-order valence-electron chi connectivity index (χ1n) is 7.01. The first-order chi connectivity index (χ1) is 9.75. The van der Waals surface area contributed by atoms with Crippen LogP contribution >= 0.6 is 0 Å². The molecule has 1 aliphatic heterocycles. The molecule has 1 heterocycles. The lowest BCUT2D eigenvalue weighted by Crippen LogP contribution is -2.26. The van der Waals surface area contributed by atoms with Crippen LogP contribution in [0.4, 0.5) is 0 Å². The standard InChI is InChI=1S/C16H21NO3/c18-15(14-4-2-1-3-5-14)12-16(19)17-9-6-13-7-10-20-11-8-13/h1-5,7,15,18H,6,8-12H2,(H,17,19). The molecule has 4 nitrogen and oxygen atoms in total. The van der Waals surface area contributed by atoms with E-state index in [0.717, 1.165) is 25.0 Å². The Bertz CT molecular complexity index is 456.